The molecule has 0 aromatic heterocycles. The van der Waals surface area contributed by atoms with Crippen molar-refractivity contribution >= 4 is 52.3 Å². The predicted molar refractivity (Wildman–Crippen MR) is 122 cm³/mol. The Kier molecular flexibility index (Phi) is 6.05. The summed E-state index contributed by atoms with van der Waals surface area (Å²) in [6.45, 7) is 0. The molecule has 3 aromatic carbocycles. The number of aliphatic hydroxyl groups excluding tert-OH is 1. The van der Waals surface area contributed by atoms with Crippen LogP contribution in [0.1, 0.15) is 21.5 Å². The minimum atomic E-state index is -1.11. The molecule has 2 aliphatic heterocycles. The second-order valence-electron chi connectivity index (χ2n) is 6.99. The number of aromatic carboxylic acids is 1. The van der Waals surface area contributed by atoms with E-state index in [-0.39, 0.29) is 54.4 Å². The van der Waals surface area contributed by atoms with Crippen molar-refractivity contribution in [2.75, 3.05) is 7.11 Å². The van der Waals surface area contributed by atoms with E-state index in [2.05, 4.69) is 0 Å². The summed E-state index contributed by atoms with van der Waals surface area (Å²) in [5, 5.41) is 25.9. The van der Waals surface area contributed by atoms with E-state index in [0.717, 1.165) is 7.11 Å². The number of esters is 2. The molecule has 8 nitrogen and oxygen atoms in total. The number of halogens is 2. The lowest BCUT2D eigenvalue weighted by Crippen LogP contribution is -2.15. The molecule has 0 atom stereocenters. The van der Waals surface area contributed by atoms with Gasteiger partial charge < -0.3 is 24.8 Å². The maximum Gasteiger partial charge on any atom is 0.345 e. The van der Waals surface area contributed by atoms with Crippen molar-refractivity contribution < 1.29 is 39.2 Å². The second-order valence-corrected chi connectivity index (χ2v) is 7.75. The van der Waals surface area contributed by atoms with Gasteiger partial charge in [-0.1, -0.05) is 47.5 Å². The average molecular weight is 501 g/mol. The smallest absolute Gasteiger partial charge is 0.345 e. The van der Waals surface area contributed by atoms with Gasteiger partial charge in [-0.05, 0) is 35.4 Å². The summed E-state index contributed by atoms with van der Waals surface area (Å²) in [6, 6.07) is 11.4. The van der Waals surface area contributed by atoms with Crippen LogP contribution in [0.25, 0.3) is 11.1 Å². The van der Waals surface area contributed by atoms with Crippen LogP contribution in [0.15, 0.2) is 48.5 Å². The fourth-order valence-corrected chi connectivity index (χ4v) is 4.33. The van der Waals surface area contributed by atoms with Crippen LogP contribution in [-0.4, -0.2) is 40.3 Å². The predicted octanol–water partition coefficient (Wildman–Crippen LogP) is 2.24. The summed E-state index contributed by atoms with van der Waals surface area (Å²) in [7, 11) is 1.00. The average Bonchev–Trinajstić information content (AvgIpc) is 3.37. The van der Waals surface area contributed by atoms with E-state index in [4.69, 9.17) is 42.9 Å². The van der Waals surface area contributed by atoms with Gasteiger partial charge in [-0.2, -0.15) is 0 Å². The largest absolute Gasteiger partial charge is 0.508 e. The Balaban J connectivity index is 0.00000133. The number of carbonyl (C=O) groups excluding carboxylic acids is 2. The molecule has 0 spiro atoms. The van der Waals surface area contributed by atoms with Crippen LogP contribution in [-0.2, 0) is 9.59 Å². The third-order valence-electron chi connectivity index (χ3n) is 5.17. The molecule has 0 radical (unpaired) electrons. The fourth-order valence-electron chi connectivity index (χ4n) is 3.71. The van der Waals surface area contributed by atoms with E-state index in [9.17, 15) is 19.5 Å². The number of aromatic hydroxyl groups is 1. The molecule has 0 fully saturated rings. The van der Waals surface area contributed by atoms with Crippen LogP contribution in [0, 0.1) is 0 Å². The van der Waals surface area contributed by atoms with Gasteiger partial charge >= 0.3 is 17.9 Å². The van der Waals surface area contributed by atoms with Crippen LogP contribution < -0.4 is 19.9 Å². The van der Waals surface area contributed by atoms with E-state index in [0.29, 0.717) is 11.1 Å². The zero-order chi connectivity index (χ0) is 24.7. The third kappa shape index (κ3) is 3.58. The molecule has 0 saturated carbocycles. The Morgan fingerprint density at radius 1 is 0.735 bits per heavy atom. The Morgan fingerprint density at radius 2 is 1.12 bits per heavy atom. The van der Waals surface area contributed by atoms with Gasteiger partial charge in [0.2, 0.25) is 0 Å². The topological polar surface area (TPSA) is 130 Å². The molecule has 172 valence electrons. The van der Waals surface area contributed by atoms with E-state index in [1.807, 2.05) is 0 Å². The maximum absolute atomic E-state index is 12.7. The lowest BCUT2D eigenvalue weighted by atomic mass is 10.0. The summed E-state index contributed by atoms with van der Waals surface area (Å²) < 4.78 is 10.8. The number of phenolic OH excluding ortho intramolecular Hbond substituents is 1. The van der Waals surface area contributed by atoms with Gasteiger partial charge in [0, 0.05) is 7.11 Å². The van der Waals surface area contributed by atoms with Crippen molar-refractivity contribution in [2.45, 2.75) is 0 Å². The zero-order valence-corrected chi connectivity index (χ0v) is 18.8. The third-order valence-corrected chi connectivity index (χ3v) is 5.89. The first-order chi connectivity index (χ1) is 16.3. The van der Waals surface area contributed by atoms with E-state index in [1.54, 1.807) is 0 Å². The summed E-state index contributed by atoms with van der Waals surface area (Å²) in [4.78, 5) is 36.5. The molecule has 0 amide bonds. The highest BCUT2D eigenvalue weighted by molar-refractivity contribution is 6.39. The Hall–Kier alpha value is -3.85. The Labute approximate surface area is 201 Å². The summed E-state index contributed by atoms with van der Waals surface area (Å²) in [5.74, 6) is -2.56. The van der Waals surface area contributed by atoms with Crippen LogP contribution >= 0.6 is 23.2 Å². The molecular weight excluding hydrogens is 487 g/mol. The van der Waals surface area contributed by atoms with E-state index >= 15 is 0 Å². The summed E-state index contributed by atoms with van der Waals surface area (Å²) in [6.07, 6.45) is 0. The van der Waals surface area contributed by atoms with Gasteiger partial charge in [0.1, 0.15) is 5.75 Å². The second kappa shape index (κ2) is 8.83. The number of rotatable bonds is 3. The van der Waals surface area contributed by atoms with Crippen LogP contribution in [0.3, 0.4) is 0 Å². The lowest BCUT2D eigenvalue weighted by molar-refractivity contribution is -0.128. The number of hydrogen-bond donors (Lipinski definition) is 3. The van der Waals surface area contributed by atoms with Crippen molar-refractivity contribution in [1.29, 1.82) is 0 Å². The first kappa shape index (κ1) is 23.3. The maximum atomic E-state index is 12.7. The molecule has 34 heavy (non-hydrogen) atoms. The molecule has 0 saturated heterocycles. The van der Waals surface area contributed by atoms with Crippen molar-refractivity contribution in [3.63, 3.8) is 0 Å². The molecule has 10 heteroatoms. The highest BCUT2D eigenvalue weighted by atomic mass is 35.5. The van der Waals surface area contributed by atoms with Gasteiger partial charge in [-0.15, -0.1) is 0 Å². The fraction of sp³-hybridized carbons (Fsp3) is 0.0417. The van der Waals surface area contributed by atoms with Crippen LogP contribution in [0.5, 0.6) is 17.2 Å². The summed E-state index contributed by atoms with van der Waals surface area (Å²) in [5.41, 5.74) is 1.03. The first-order valence-electron chi connectivity index (χ1n) is 9.59. The van der Waals surface area contributed by atoms with Gasteiger partial charge in [-0.3, -0.25) is 0 Å². The molecule has 2 heterocycles. The number of benzene rings is 3. The molecule has 5 rings (SSSR count). The number of fused-ring (bicyclic) bond motifs is 2. The molecule has 3 N–H and O–H groups in total. The van der Waals surface area contributed by atoms with Crippen LogP contribution in [0.2, 0.25) is 10.0 Å². The summed E-state index contributed by atoms with van der Waals surface area (Å²) >= 11 is 13.1. The molecule has 3 aromatic rings. The number of carboxylic acids is 1. The van der Waals surface area contributed by atoms with Crippen molar-refractivity contribution in [2.24, 2.45) is 0 Å². The molecular formula is C24H14Cl2O8. The minimum Gasteiger partial charge on any atom is -0.508 e. The SMILES string of the molecule is CO.O=C1Oc2c(Cl)c3c(c(Cl)c2=C1c1ccc(O)cc1)OC(=O)C=3c1ccc(C(=O)O)cc1. The molecule has 0 aliphatic carbocycles. The Morgan fingerprint density at radius 3 is 1.50 bits per heavy atom. The van der Waals surface area contributed by atoms with Crippen molar-refractivity contribution in [3.05, 3.63) is 85.7 Å². The monoisotopic (exact) mass is 500 g/mol. The van der Waals surface area contributed by atoms with E-state index < -0.39 is 17.9 Å². The first-order valence-corrected chi connectivity index (χ1v) is 10.3. The van der Waals surface area contributed by atoms with Crippen molar-refractivity contribution in [3.8, 4) is 17.2 Å². The highest BCUT2D eigenvalue weighted by Gasteiger charge is 2.36. The van der Waals surface area contributed by atoms with Gasteiger partial charge in [0.15, 0.2) is 11.5 Å². The molecule has 0 unspecified atom stereocenters. The lowest BCUT2D eigenvalue weighted by Gasteiger charge is -2.04. The highest BCUT2D eigenvalue weighted by Crippen LogP contribution is 2.37. The number of aliphatic hydroxyl groups is 1. The molecule has 2 aliphatic rings. The number of carbonyl (C=O) groups is 3. The quantitative estimate of drug-likeness (QED) is 0.368. The minimum absolute atomic E-state index is 0.0125. The Bertz CT molecular complexity index is 1490. The van der Waals surface area contributed by atoms with Crippen molar-refractivity contribution in [1.82, 2.24) is 0 Å². The van der Waals surface area contributed by atoms with Crippen LogP contribution in [0.4, 0.5) is 0 Å². The molecule has 0 bridgehead atoms. The van der Waals surface area contributed by atoms with Gasteiger partial charge in [0.05, 0.1) is 37.2 Å². The zero-order valence-electron chi connectivity index (χ0n) is 17.3. The number of ether oxygens (including phenoxy) is 2. The van der Waals surface area contributed by atoms with Gasteiger partial charge in [0.25, 0.3) is 0 Å². The standard InChI is InChI=1S/C23H10Cl2O7.CH4O/c24-17-15-13(9-1-3-11(4-2-9)21(27)28)22(29)31-19(15)18(25)16-14(23(30)32-20(16)17)10-5-7-12(26)8-6-10;1-2/h1-8,26H,(H,27,28);2H,1H3. The number of carboxylic acid groups (broad SMARTS) is 1. The number of hydrogen-bond acceptors (Lipinski definition) is 7. The van der Waals surface area contributed by atoms with E-state index in [1.165, 1.54) is 48.5 Å². The van der Waals surface area contributed by atoms with Gasteiger partial charge in [-0.25, -0.2) is 14.4 Å². The number of phenols is 1. The normalized spacial score (nSPS) is 13.5.